The van der Waals surface area contributed by atoms with Gasteiger partial charge in [0.25, 0.3) is 5.91 Å². The summed E-state index contributed by atoms with van der Waals surface area (Å²) in [7, 11) is 0. The Morgan fingerprint density at radius 1 is 1.08 bits per heavy atom. The second-order valence-corrected chi connectivity index (χ2v) is 5.96. The number of benzene rings is 1. The van der Waals surface area contributed by atoms with Crippen molar-refractivity contribution in [3.05, 3.63) is 47.0 Å². The molecule has 0 bridgehead atoms. The Kier molecular flexibility index (Phi) is 4.66. The van der Waals surface area contributed by atoms with Crippen molar-refractivity contribution < 1.29 is 18.8 Å². The molecule has 1 aromatic carbocycles. The molecule has 1 atom stereocenters. The molecular weight excluding hydrogens is 336 g/mol. The SMILES string of the molecule is Cc1cc(NC(=O)[C@@H](C)OC(=O)c2ccc3nc(C)c(C)nc3c2)no1. The second-order valence-electron chi connectivity index (χ2n) is 5.96. The van der Waals surface area contributed by atoms with Crippen LogP contribution in [0.4, 0.5) is 5.82 Å². The van der Waals surface area contributed by atoms with Crippen LogP contribution in [0.15, 0.2) is 28.8 Å². The van der Waals surface area contributed by atoms with Gasteiger partial charge in [-0.25, -0.2) is 14.8 Å². The molecule has 0 saturated heterocycles. The molecule has 0 saturated carbocycles. The van der Waals surface area contributed by atoms with Crippen LogP contribution in [0.1, 0.15) is 34.4 Å². The summed E-state index contributed by atoms with van der Waals surface area (Å²) in [6.07, 6.45) is -0.999. The van der Waals surface area contributed by atoms with E-state index in [1.54, 1.807) is 31.2 Å². The number of carbonyl (C=O) groups excluding carboxylic acids is 2. The first-order chi connectivity index (χ1) is 12.3. The molecule has 0 spiro atoms. The second kappa shape index (κ2) is 6.91. The van der Waals surface area contributed by atoms with Gasteiger partial charge in [0.05, 0.1) is 28.0 Å². The molecule has 26 heavy (non-hydrogen) atoms. The summed E-state index contributed by atoms with van der Waals surface area (Å²) in [4.78, 5) is 33.3. The van der Waals surface area contributed by atoms with E-state index < -0.39 is 18.0 Å². The number of hydrogen-bond acceptors (Lipinski definition) is 7. The van der Waals surface area contributed by atoms with E-state index in [2.05, 4.69) is 20.4 Å². The Morgan fingerprint density at radius 2 is 1.77 bits per heavy atom. The minimum atomic E-state index is -0.999. The van der Waals surface area contributed by atoms with Crippen LogP contribution in [-0.4, -0.2) is 33.1 Å². The van der Waals surface area contributed by atoms with Gasteiger partial charge in [-0.1, -0.05) is 5.16 Å². The Labute approximate surface area is 149 Å². The molecule has 134 valence electrons. The number of hydrogen-bond donors (Lipinski definition) is 1. The van der Waals surface area contributed by atoms with Gasteiger partial charge in [-0.15, -0.1) is 0 Å². The van der Waals surface area contributed by atoms with Gasteiger partial charge in [0.2, 0.25) is 0 Å². The molecule has 0 aliphatic rings. The molecule has 0 unspecified atom stereocenters. The zero-order valence-electron chi connectivity index (χ0n) is 14.9. The minimum absolute atomic E-state index is 0.266. The van der Waals surface area contributed by atoms with Gasteiger partial charge in [0.15, 0.2) is 11.9 Å². The van der Waals surface area contributed by atoms with Gasteiger partial charge in [-0.3, -0.25) is 4.79 Å². The first-order valence-electron chi connectivity index (χ1n) is 8.03. The van der Waals surface area contributed by atoms with Crippen LogP contribution in [0.3, 0.4) is 0 Å². The van der Waals surface area contributed by atoms with Gasteiger partial charge in [0, 0.05) is 6.07 Å². The van der Waals surface area contributed by atoms with Crippen LogP contribution in [0.2, 0.25) is 0 Å². The van der Waals surface area contributed by atoms with E-state index >= 15 is 0 Å². The Balaban J connectivity index is 1.71. The standard InChI is InChI=1S/C18H18N4O4/c1-9-7-16(22-26-9)21-17(23)12(4)25-18(24)13-5-6-14-15(8-13)20-11(3)10(2)19-14/h5-8,12H,1-4H3,(H,21,22,23)/t12-/m1/s1. The zero-order valence-corrected chi connectivity index (χ0v) is 14.9. The summed E-state index contributed by atoms with van der Waals surface area (Å²) in [6.45, 7) is 6.91. The summed E-state index contributed by atoms with van der Waals surface area (Å²) in [6, 6.07) is 6.47. The maximum atomic E-state index is 12.3. The van der Waals surface area contributed by atoms with E-state index in [0.717, 1.165) is 11.4 Å². The molecule has 0 aliphatic heterocycles. The Hall–Kier alpha value is -3.29. The van der Waals surface area contributed by atoms with Crippen molar-refractivity contribution in [3.8, 4) is 0 Å². The molecule has 3 aromatic rings. The first kappa shape index (κ1) is 17.5. The number of esters is 1. The molecule has 3 rings (SSSR count). The summed E-state index contributed by atoms with van der Waals surface area (Å²) >= 11 is 0. The molecule has 0 aliphatic carbocycles. The fraction of sp³-hybridized carbons (Fsp3) is 0.278. The maximum absolute atomic E-state index is 12.3. The predicted molar refractivity (Wildman–Crippen MR) is 93.8 cm³/mol. The highest BCUT2D eigenvalue weighted by molar-refractivity contribution is 5.98. The summed E-state index contributed by atoms with van der Waals surface area (Å²) in [5.74, 6) is -0.292. The third-order valence-corrected chi connectivity index (χ3v) is 3.84. The van der Waals surface area contributed by atoms with Crippen LogP contribution in [0, 0.1) is 20.8 Å². The lowest BCUT2D eigenvalue weighted by Crippen LogP contribution is -2.30. The smallest absolute Gasteiger partial charge is 0.338 e. The molecular formula is C18H18N4O4. The van der Waals surface area contributed by atoms with Crippen LogP contribution in [-0.2, 0) is 9.53 Å². The summed E-state index contributed by atoms with van der Waals surface area (Å²) in [5, 5.41) is 6.18. The van der Waals surface area contributed by atoms with E-state index in [-0.39, 0.29) is 5.82 Å². The fourth-order valence-electron chi connectivity index (χ4n) is 2.29. The van der Waals surface area contributed by atoms with Gasteiger partial charge in [0.1, 0.15) is 5.76 Å². The highest BCUT2D eigenvalue weighted by Crippen LogP contribution is 2.16. The normalized spacial score (nSPS) is 12.0. The molecule has 8 heteroatoms. The van der Waals surface area contributed by atoms with Crippen molar-refractivity contribution in [2.45, 2.75) is 33.8 Å². The van der Waals surface area contributed by atoms with Crippen LogP contribution >= 0.6 is 0 Å². The van der Waals surface area contributed by atoms with E-state index in [4.69, 9.17) is 9.26 Å². The minimum Gasteiger partial charge on any atom is -0.449 e. The van der Waals surface area contributed by atoms with Crippen molar-refractivity contribution in [2.24, 2.45) is 0 Å². The molecule has 0 radical (unpaired) electrons. The average molecular weight is 354 g/mol. The molecule has 1 N–H and O–H groups in total. The highest BCUT2D eigenvalue weighted by Gasteiger charge is 2.20. The van der Waals surface area contributed by atoms with Crippen molar-refractivity contribution in [3.63, 3.8) is 0 Å². The average Bonchev–Trinajstić information content (AvgIpc) is 3.00. The van der Waals surface area contributed by atoms with Crippen LogP contribution in [0.25, 0.3) is 11.0 Å². The summed E-state index contributed by atoms with van der Waals surface area (Å²) < 4.78 is 10.1. The van der Waals surface area contributed by atoms with Crippen LogP contribution < -0.4 is 5.32 Å². The van der Waals surface area contributed by atoms with Gasteiger partial charge in [-0.05, 0) is 45.9 Å². The lowest BCUT2D eigenvalue weighted by molar-refractivity contribution is -0.123. The first-order valence-corrected chi connectivity index (χ1v) is 8.03. The van der Waals surface area contributed by atoms with E-state index in [1.807, 2.05) is 13.8 Å². The molecule has 8 nitrogen and oxygen atoms in total. The third kappa shape index (κ3) is 3.69. The number of carbonyl (C=O) groups is 2. The lowest BCUT2D eigenvalue weighted by Gasteiger charge is -2.12. The van der Waals surface area contributed by atoms with Gasteiger partial charge < -0.3 is 14.6 Å². The maximum Gasteiger partial charge on any atom is 0.338 e. The van der Waals surface area contributed by atoms with E-state index in [1.165, 1.54) is 6.92 Å². The quantitative estimate of drug-likeness (QED) is 0.718. The van der Waals surface area contributed by atoms with Crippen molar-refractivity contribution in [1.82, 2.24) is 15.1 Å². The Bertz CT molecular complexity index is 996. The number of rotatable bonds is 4. The Morgan fingerprint density at radius 3 is 2.42 bits per heavy atom. The number of amides is 1. The van der Waals surface area contributed by atoms with Crippen molar-refractivity contribution in [1.29, 1.82) is 0 Å². The molecule has 0 fully saturated rings. The zero-order chi connectivity index (χ0) is 18.8. The topological polar surface area (TPSA) is 107 Å². The molecule has 1 amide bonds. The number of aryl methyl sites for hydroxylation is 3. The number of nitrogens with zero attached hydrogens (tertiary/aromatic N) is 3. The van der Waals surface area contributed by atoms with Crippen LogP contribution in [0.5, 0.6) is 0 Å². The van der Waals surface area contributed by atoms with Crippen molar-refractivity contribution >= 4 is 28.7 Å². The fourth-order valence-corrected chi connectivity index (χ4v) is 2.29. The molecule has 2 aromatic heterocycles. The lowest BCUT2D eigenvalue weighted by atomic mass is 10.2. The number of aromatic nitrogens is 3. The predicted octanol–water partition coefficient (Wildman–Crippen LogP) is 2.73. The summed E-state index contributed by atoms with van der Waals surface area (Å²) in [5.41, 5.74) is 3.21. The largest absolute Gasteiger partial charge is 0.449 e. The van der Waals surface area contributed by atoms with Crippen molar-refractivity contribution in [2.75, 3.05) is 5.32 Å². The number of nitrogens with one attached hydrogen (secondary N) is 1. The third-order valence-electron chi connectivity index (χ3n) is 3.84. The van der Waals surface area contributed by atoms with E-state index in [0.29, 0.717) is 22.4 Å². The molecule has 2 heterocycles. The number of ether oxygens (including phenoxy) is 1. The van der Waals surface area contributed by atoms with Gasteiger partial charge in [-0.2, -0.15) is 0 Å². The number of anilines is 1. The van der Waals surface area contributed by atoms with Gasteiger partial charge >= 0.3 is 5.97 Å². The van der Waals surface area contributed by atoms with E-state index in [9.17, 15) is 9.59 Å². The highest BCUT2D eigenvalue weighted by atomic mass is 16.5. The monoisotopic (exact) mass is 354 g/mol. The number of fused-ring (bicyclic) bond motifs is 1.